The maximum atomic E-state index is 12.8. The number of fused-ring (bicyclic) bond motifs is 1. The van der Waals surface area contributed by atoms with Gasteiger partial charge in [0.25, 0.3) is 0 Å². The molecule has 3 aromatic rings. The molecule has 1 saturated heterocycles. The number of carbonyl (C=O) groups excluding carboxylic acids is 3. The van der Waals surface area contributed by atoms with Crippen molar-refractivity contribution in [2.45, 2.75) is 13.5 Å². The third-order valence-corrected chi connectivity index (χ3v) is 7.45. The van der Waals surface area contributed by atoms with Crippen molar-refractivity contribution in [3.63, 3.8) is 0 Å². The number of benzene rings is 2. The zero-order chi connectivity index (χ0) is 24.9. The summed E-state index contributed by atoms with van der Waals surface area (Å²) in [6.07, 6.45) is 0. The van der Waals surface area contributed by atoms with Crippen LogP contribution < -0.4 is 5.32 Å². The monoisotopic (exact) mass is 495 g/mol. The topological polar surface area (TPSA) is 88.2 Å². The van der Waals surface area contributed by atoms with E-state index in [9.17, 15) is 14.4 Å². The number of nitrogens with one attached hydrogen (secondary N) is 1. The van der Waals surface area contributed by atoms with E-state index in [1.54, 1.807) is 6.92 Å². The summed E-state index contributed by atoms with van der Waals surface area (Å²) in [6, 6.07) is 14.8. The highest BCUT2D eigenvalue weighted by Crippen LogP contribution is 2.34. The second kappa shape index (κ2) is 11.0. The lowest BCUT2D eigenvalue weighted by Gasteiger charge is -2.34. The second-order valence-corrected chi connectivity index (χ2v) is 9.50. The number of ether oxygens (including phenoxy) is 2. The molecule has 0 unspecified atom stereocenters. The van der Waals surface area contributed by atoms with Crippen LogP contribution in [0.1, 0.15) is 31.2 Å². The molecule has 0 radical (unpaired) electrons. The lowest BCUT2D eigenvalue weighted by Crippen LogP contribution is -2.48. The van der Waals surface area contributed by atoms with Crippen molar-refractivity contribution in [3.8, 4) is 0 Å². The molecule has 4 rings (SSSR count). The van der Waals surface area contributed by atoms with Crippen LogP contribution in [0.2, 0.25) is 0 Å². The summed E-state index contributed by atoms with van der Waals surface area (Å²) in [5.74, 6) is -1.40. The third-order valence-electron chi connectivity index (χ3n) is 6.27. The Balaban J connectivity index is 1.36. The van der Waals surface area contributed by atoms with E-state index in [4.69, 9.17) is 9.47 Å². The van der Waals surface area contributed by atoms with Crippen molar-refractivity contribution in [1.82, 2.24) is 9.80 Å². The maximum Gasteiger partial charge on any atom is 0.348 e. The number of carbonyl (C=O) groups is 3. The zero-order valence-corrected chi connectivity index (χ0v) is 20.9. The Kier molecular flexibility index (Phi) is 7.80. The molecule has 1 N–H and O–H groups in total. The van der Waals surface area contributed by atoms with Crippen LogP contribution in [0.15, 0.2) is 42.5 Å². The Hall–Kier alpha value is -3.27. The van der Waals surface area contributed by atoms with Crippen LogP contribution in [-0.4, -0.2) is 74.6 Å². The minimum atomic E-state index is -0.605. The number of esters is 2. The van der Waals surface area contributed by atoms with Gasteiger partial charge in [-0.2, -0.15) is 0 Å². The molecule has 1 aliphatic rings. The molecule has 0 spiro atoms. The summed E-state index contributed by atoms with van der Waals surface area (Å²) in [6.45, 7) is 5.95. The number of amides is 1. The number of hydrogen-bond donors (Lipinski definition) is 1. The molecule has 1 fully saturated rings. The van der Waals surface area contributed by atoms with Crippen LogP contribution >= 0.6 is 11.3 Å². The molecule has 0 bridgehead atoms. The molecule has 35 heavy (non-hydrogen) atoms. The van der Waals surface area contributed by atoms with Gasteiger partial charge in [-0.15, -0.1) is 11.3 Å². The lowest BCUT2D eigenvalue weighted by molar-refractivity contribution is -0.117. The van der Waals surface area contributed by atoms with Crippen LogP contribution in [0.3, 0.4) is 0 Å². The van der Waals surface area contributed by atoms with Crippen molar-refractivity contribution in [2.75, 3.05) is 52.3 Å². The molecule has 0 aliphatic carbocycles. The highest BCUT2D eigenvalue weighted by molar-refractivity contribution is 7.18. The number of thiophene rings is 1. The van der Waals surface area contributed by atoms with Crippen molar-refractivity contribution in [2.24, 2.45) is 0 Å². The van der Waals surface area contributed by atoms with Crippen LogP contribution in [0, 0.1) is 6.92 Å². The summed E-state index contributed by atoms with van der Waals surface area (Å²) in [5, 5.41) is 5.62. The molecule has 1 aliphatic heterocycles. The van der Waals surface area contributed by atoms with Crippen LogP contribution in [0.25, 0.3) is 10.8 Å². The molecule has 8 nitrogen and oxygen atoms in total. The largest absolute Gasteiger partial charge is 0.465 e. The van der Waals surface area contributed by atoms with Crippen molar-refractivity contribution >= 4 is 45.0 Å². The lowest BCUT2D eigenvalue weighted by atomic mass is 10.0. The molecule has 2 heterocycles. The quantitative estimate of drug-likeness (QED) is 0.502. The summed E-state index contributed by atoms with van der Waals surface area (Å²) < 4.78 is 9.65. The van der Waals surface area contributed by atoms with Gasteiger partial charge >= 0.3 is 11.9 Å². The fraction of sp³-hybridized carbons (Fsp3) is 0.346. The summed E-state index contributed by atoms with van der Waals surface area (Å²) in [5.41, 5.74) is 1.93. The van der Waals surface area contributed by atoms with Gasteiger partial charge < -0.3 is 14.8 Å². The first-order valence-electron chi connectivity index (χ1n) is 11.4. The van der Waals surface area contributed by atoms with E-state index >= 15 is 0 Å². The Morgan fingerprint density at radius 2 is 1.57 bits per heavy atom. The van der Waals surface area contributed by atoms with Crippen molar-refractivity contribution in [1.29, 1.82) is 0 Å². The Morgan fingerprint density at radius 3 is 2.29 bits per heavy atom. The zero-order valence-electron chi connectivity index (χ0n) is 20.1. The van der Waals surface area contributed by atoms with E-state index in [-0.39, 0.29) is 22.9 Å². The van der Waals surface area contributed by atoms with E-state index in [1.807, 2.05) is 0 Å². The van der Waals surface area contributed by atoms with Gasteiger partial charge in [-0.1, -0.05) is 42.5 Å². The predicted octanol–water partition coefficient (Wildman–Crippen LogP) is 3.54. The Morgan fingerprint density at radius 1 is 0.914 bits per heavy atom. The molecule has 9 heteroatoms. The van der Waals surface area contributed by atoms with Crippen LogP contribution in [0.5, 0.6) is 0 Å². The van der Waals surface area contributed by atoms with E-state index in [0.29, 0.717) is 10.6 Å². The van der Waals surface area contributed by atoms with Gasteiger partial charge in [0.05, 0.1) is 26.3 Å². The van der Waals surface area contributed by atoms with Gasteiger partial charge in [-0.05, 0) is 28.8 Å². The minimum Gasteiger partial charge on any atom is -0.465 e. The number of methoxy groups -OCH3 is 2. The van der Waals surface area contributed by atoms with Gasteiger partial charge in [0, 0.05) is 32.7 Å². The molecule has 0 saturated carbocycles. The van der Waals surface area contributed by atoms with Gasteiger partial charge in [0.1, 0.15) is 9.88 Å². The summed E-state index contributed by atoms with van der Waals surface area (Å²) in [4.78, 5) is 41.9. The first-order chi connectivity index (χ1) is 16.9. The smallest absolute Gasteiger partial charge is 0.348 e. The van der Waals surface area contributed by atoms with Crippen LogP contribution in [-0.2, 0) is 20.8 Å². The predicted molar refractivity (Wildman–Crippen MR) is 136 cm³/mol. The number of piperazine rings is 1. The van der Waals surface area contributed by atoms with Crippen LogP contribution in [0.4, 0.5) is 5.00 Å². The van der Waals surface area contributed by atoms with Crippen molar-refractivity contribution < 1.29 is 23.9 Å². The van der Waals surface area contributed by atoms with Crippen molar-refractivity contribution in [3.05, 3.63) is 64.0 Å². The highest BCUT2D eigenvalue weighted by atomic mass is 32.1. The summed E-state index contributed by atoms with van der Waals surface area (Å²) >= 11 is 1.02. The Bertz CT molecular complexity index is 1240. The molecule has 0 atom stereocenters. The average molecular weight is 496 g/mol. The molecule has 2 aromatic carbocycles. The molecular weight excluding hydrogens is 466 g/mol. The normalized spacial score (nSPS) is 14.6. The van der Waals surface area contributed by atoms with Gasteiger partial charge in [0.15, 0.2) is 0 Å². The SMILES string of the molecule is COC(=O)c1sc(NC(=O)CN2CCN(Cc3cccc4ccccc34)CC2)c(C(=O)OC)c1C. The second-order valence-electron chi connectivity index (χ2n) is 8.48. The number of anilines is 1. The first-order valence-corrected chi connectivity index (χ1v) is 12.2. The fourth-order valence-corrected chi connectivity index (χ4v) is 5.51. The van der Waals surface area contributed by atoms with E-state index in [2.05, 4.69) is 57.6 Å². The van der Waals surface area contributed by atoms with E-state index in [0.717, 1.165) is 44.1 Å². The van der Waals surface area contributed by atoms with Gasteiger partial charge in [0.2, 0.25) is 5.91 Å². The molecule has 1 amide bonds. The maximum absolute atomic E-state index is 12.8. The standard InChI is InChI=1S/C26H29N3O5S/c1-17-22(25(31)33-2)24(35-23(17)26(32)34-3)27-21(30)16-29-13-11-28(12-14-29)15-19-9-6-8-18-7-4-5-10-20(18)19/h4-10H,11-16H2,1-3H3,(H,27,30). The molecule has 1 aromatic heterocycles. The summed E-state index contributed by atoms with van der Waals surface area (Å²) in [7, 11) is 2.54. The van der Waals surface area contributed by atoms with Gasteiger partial charge in [-0.3, -0.25) is 14.6 Å². The van der Waals surface area contributed by atoms with E-state index < -0.39 is 11.9 Å². The highest BCUT2D eigenvalue weighted by Gasteiger charge is 2.27. The Labute approximate surface area is 208 Å². The average Bonchev–Trinajstić information content (AvgIpc) is 3.19. The first kappa shape index (κ1) is 24.8. The third kappa shape index (κ3) is 5.53. The molecule has 184 valence electrons. The van der Waals surface area contributed by atoms with E-state index in [1.165, 1.54) is 30.6 Å². The molecular formula is C26H29N3O5S. The number of hydrogen-bond acceptors (Lipinski definition) is 8. The number of rotatable bonds is 7. The minimum absolute atomic E-state index is 0.186. The fourth-order valence-electron chi connectivity index (χ4n) is 4.38. The number of nitrogens with zero attached hydrogens (tertiary/aromatic N) is 2. The van der Waals surface area contributed by atoms with Gasteiger partial charge in [-0.25, -0.2) is 9.59 Å².